The number of hydrogen-bond acceptors (Lipinski definition) is 2. The molecule has 201 valence electrons. The van der Waals surface area contributed by atoms with Crippen LogP contribution in [0.1, 0.15) is 11.3 Å². The summed E-state index contributed by atoms with van der Waals surface area (Å²) in [6.45, 7) is 4.05. The molecule has 2 heterocycles. The van der Waals surface area contributed by atoms with Crippen LogP contribution in [0.4, 0.5) is 0 Å². The zero-order valence-electron chi connectivity index (χ0n) is 22.9. The standard InChI is InChI=1S/C26H18N.C12H10N.Ir/c1-18-7-6-12-26(27-18)20-15-13-19(14-16-20)25-17-21-8-2-3-9-22(21)23-10-4-5-11-24(23)25;1-10-7-8-12(13-9-10)11-5-3-2-4-6-11;/h2-15,17H,1H3;2-5,7-9H,1H3;/q2*-1;. The van der Waals surface area contributed by atoms with E-state index in [4.69, 9.17) is 0 Å². The van der Waals surface area contributed by atoms with Gasteiger partial charge in [0.05, 0.1) is 0 Å². The van der Waals surface area contributed by atoms with E-state index >= 15 is 0 Å². The summed E-state index contributed by atoms with van der Waals surface area (Å²) < 4.78 is 0. The summed E-state index contributed by atoms with van der Waals surface area (Å²) in [6.07, 6.45) is 1.87. The molecule has 7 rings (SSSR count). The zero-order valence-corrected chi connectivity index (χ0v) is 25.3. The molecule has 0 fully saturated rings. The minimum absolute atomic E-state index is 0. The number of fused-ring (bicyclic) bond motifs is 3. The summed E-state index contributed by atoms with van der Waals surface area (Å²) in [7, 11) is 0. The van der Waals surface area contributed by atoms with Gasteiger partial charge in [0.1, 0.15) is 0 Å². The molecule has 0 aliphatic rings. The molecule has 7 aromatic rings. The van der Waals surface area contributed by atoms with Gasteiger partial charge in [-0.05, 0) is 58.4 Å². The van der Waals surface area contributed by atoms with E-state index in [9.17, 15) is 0 Å². The van der Waals surface area contributed by atoms with Gasteiger partial charge < -0.3 is 9.97 Å². The molecular weight excluding hydrogens is 677 g/mol. The van der Waals surface area contributed by atoms with Gasteiger partial charge in [-0.1, -0.05) is 90.0 Å². The summed E-state index contributed by atoms with van der Waals surface area (Å²) in [4.78, 5) is 8.92. The van der Waals surface area contributed by atoms with Crippen molar-refractivity contribution in [3.05, 3.63) is 157 Å². The first-order valence-corrected chi connectivity index (χ1v) is 13.4. The largest absolute Gasteiger partial charge is 0.304 e. The van der Waals surface area contributed by atoms with Crippen molar-refractivity contribution in [2.45, 2.75) is 13.8 Å². The Bertz CT molecular complexity index is 1890. The summed E-state index contributed by atoms with van der Waals surface area (Å²) in [5.41, 5.74) is 8.62. The molecule has 5 aromatic carbocycles. The third-order valence-electron chi connectivity index (χ3n) is 6.95. The second-order valence-electron chi connectivity index (χ2n) is 9.84. The van der Waals surface area contributed by atoms with Gasteiger partial charge in [0.25, 0.3) is 0 Å². The number of hydrogen-bond donors (Lipinski definition) is 0. The molecule has 1 radical (unpaired) electrons. The van der Waals surface area contributed by atoms with Crippen molar-refractivity contribution in [3.8, 4) is 33.6 Å². The van der Waals surface area contributed by atoms with E-state index in [0.717, 1.165) is 28.2 Å². The van der Waals surface area contributed by atoms with Crippen LogP contribution in [0.5, 0.6) is 0 Å². The number of aromatic nitrogens is 2. The molecule has 2 nitrogen and oxygen atoms in total. The Morgan fingerprint density at radius 2 is 1.34 bits per heavy atom. The van der Waals surface area contributed by atoms with Crippen LogP contribution in [-0.2, 0) is 20.1 Å². The molecule has 2 aromatic heterocycles. The average molecular weight is 705 g/mol. The molecule has 0 saturated carbocycles. The molecule has 0 aliphatic carbocycles. The molecule has 0 bridgehead atoms. The van der Waals surface area contributed by atoms with E-state index in [1.165, 1.54) is 38.2 Å². The second-order valence-corrected chi connectivity index (χ2v) is 9.84. The fourth-order valence-electron chi connectivity index (χ4n) is 4.92. The van der Waals surface area contributed by atoms with E-state index in [1.54, 1.807) is 0 Å². The number of aryl methyl sites for hydroxylation is 2. The van der Waals surface area contributed by atoms with Crippen LogP contribution in [0.25, 0.3) is 55.2 Å². The van der Waals surface area contributed by atoms with E-state index in [2.05, 4.69) is 101 Å². The molecule has 0 atom stereocenters. The van der Waals surface area contributed by atoms with Crippen molar-refractivity contribution in [3.63, 3.8) is 0 Å². The molecule has 3 heteroatoms. The maximum Gasteiger partial charge on any atom is 0.0266 e. The smallest absolute Gasteiger partial charge is 0.0266 e. The Morgan fingerprint density at radius 1 is 0.585 bits per heavy atom. The van der Waals surface area contributed by atoms with Crippen molar-refractivity contribution in [1.82, 2.24) is 9.97 Å². The van der Waals surface area contributed by atoms with Crippen molar-refractivity contribution in [2.24, 2.45) is 0 Å². The van der Waals surface area contributed by atoms with Gasteiger partial charge in [-0.25, -0.2) is 0 Å². The molecule has 0 amide bonds. The minimum atomic E-state index is 0. The predicted octanol–water partition coefficient (Wildman–Crippen LogP) is 9.69. The van der Waals surface area contributed by atoms with Crippen molar-refractivity contribution >= 4 is 21.5 Å². The van der Waals surface area contributed by atoms with Crippen molar-refractivity contribution < 1.29 is 20.1 Å². The molecule has 0 unspecified atom stereocenters. The third-order valence-corrected chi connectivity index (χ3v) is 6.95. The third kappa shape index (κ3) is 6.33. The number of benzene rings is 5. The van der Waals surface area contributed by atoms with Crippen molar-refractivity contribution in [1.29, 1.82) is 0 Å². The van der Waals surface area contributed by atoms with E-state index in [-0.39, 0.29) is 20.1 Å². The summed E-state index contributed by atoms with van der Waals surface area (Å²) in [6, 6.07) is 50.4. The Morgan fingerprint density at radius 3 is 2.05 bits per heavy atom. The number of nitrogens with zero attached hydrogens (tertiary/aromatic N) is 2. The SMILES string of the molecule is Cc1ccc(-c2[c-]cccc2)nc1.Cc1cccc(-c2[c-]cc(-c3cc4ccccc4c4ccccc34)cc2)n1.[Ir]. The molecular formula is C38H28IrN2-2. The first-order chi connectivity index (χ1) is 19.7. The fourth-order valence-corrected chi connectivity index (χ4v) is 4.92. The second kappa shape index (κ2) is 12.8. The van der Waals surface area contributed by atoms with Crippen LogP contribution >= 0.6 is 0 Å². The van der Waals surface area contributed by atoms with Gasteiger partial charge in [0, 0.05) is 32.0 Å². The van der Waals surface area contributed by atoms with Crippen LogP contribution in [0.15, 0.2) is 134 Å². The fraction of sp³-hybridized carbons (Fsp3) is 0.0526. The molecule has 0 saturated heterocycles. The summed E-state index contributed by atoms with van der Waals surface area (Å²) >= 11 is 0. The van der Waals surface area contributed by atoms with Crippen LogP contribution in [0.2, 0.25) is 0 Å². The number of rotatable bonds is 3. The first-order valence-electron chi connectivity index (χ1n) is 13.4. The van der Waals surface area contributed by atoms with Gasteiger partial charge in [0.15, 0.2) is 0 Å². The van der Waals surface area contributed by atoms with Gasteiger partial charge in [0.2, 0.25) is 0 Å². The van der Waals surface area contributed by atoms with Crippen LogP contribution < -0.4 is 0 Å². The average Bonchev–Trinajstić information content (AvgIpc) is 3.02. The number of pyridine rings is 2. The maximum absolute atomic E-state index is 4.61. The Balaban J connectivity index is 0.000000204. The van der Waals surface area contributed by atoms with Gasteiger partial charge in [-0.2, -0.15) is 0 Å². The van der Waals surface area contributed by atoms with Crippen LogP contribution in [0.3, 0.4) is 0 Å². The van der Waals surface area contributed by atoms with E-state index < -0.39 is 0 Å². The molecule has 0 spiro atoms. The van der Waals surface area contributed by atoms with Crippen LogP contribution in [-0.4, -0.2) is 9.97 Å². The summed E-state index contributed by atoms with van der Waals surface area (Å²) in [5.74, 6) is 0. The predicted molar refractivity (Wildman–Crippen MR) is 167 cm³/mol. The van der Waals surface area contributed by atoms with E-state index in [1.807, 2.05) is 68.6 Å². The molecule has 0 aliphatic heterocycles. The van der Waals surface area contributed by atoms with Gasteiger partial charge >= 0.3 is 0 Å². The summed E-state index contributed by atoms with van der Waals surface area (Å²) in [5, 5.41) is 5.11. The Kier molecular flexibility index (Phi) is 8.79. The maximum atomic E-state index is 4.61. The van der Waals surface area contributed by atoms with Crippen LogP contribution in [0, 0.1) is 26.0 Å². The minimum Gasteiger partial charge on any atom is -0.304 e. The van der Waals surface area contributed by atoms with Gasteiger partial charge in [-0.15, -0.1) is 65.7 Å². The first kappa shape index (κ1) is 28.1. The monoisotopic (exact) mass is 705 g/mol. The Labute approximate surface area is 255 Å². The normalized spacial score (nSPS) is 10.5. The molecule has 0 N–H and O–H groups in total. The topological polar surface area (TPSA) is 25.8 Å². The van der Waals surface area contributed by atoms with Gasteiger partial charge in [-0.3, -0.25) is 0 Å². The Hall–Kier alpha value is -4.43. The van der Waals surface area contributed by atoms with Crippen molar-refractivity contribution in [2.75, 3.05) is 0 Å². The van der Waals surface area contributed by atoms with E-state index in [0.29, 0.717) is 0 Å². The zero-order chi connectivity index (χ0) is 27.3. The molecule has 41 heavy (non-hydrogen) atoms. The quantitative estimate of drug-likeness (QED) is 0.135.